The van der Waals surface area contributed by atoms with Crippen molar-refractivity contribution in [3.8, 4) is 0 Å². The number of carbonyl (C=O) groups excluding carboxylic acids is 1. The van der Waals surface area contributed by atoms with E-state index < -0.39 is 0 Å². The lowest BCUT2D eigenvalue weighted by molar-refractivity contribution is -0.127. The fraction of sp³-hybridized carbons (Fsp3) is 0.875. The SMILES string of the molecule is CSCC(=O)N(C)CCC(C)Cl. The summed E-state index contributed by atoms with van der Waals surface area (Å²) in [5.74, 6) is 0.743. The number of nitrogens with zero attached hydrogens (tertiary/aromatic N) is 1. The van der Waals surface area contributed by atoms with E-state index in [9.17, 15) is 4.79 Å². The molecule has 4 heteroatoms. The van der Waals surface area contributed by atoms with Crippen molar-refractivity contribution in [3.63, 3.8) is 0 Å². The normalized spacial score (nSPS) is 12.7. The predicted octanol–water partition coefficient (Wildman–Crippen LogP) is 1.83. The third-order valence-corrected chi connectivity index (χ3v) is 2.31. The van der Waals surface area contributed by atoms with Gasteiger partial charge in [0, 0.05) is 19.0 Å². The lowest BCUT2D eigenvalue weighted by Gasteiger charge is -2.16. The third-order valence-electron chi connectivity index (χ3n) is 1.56. The van der Waals surface area contributed by atoms with Crippen LogP contribution in [0.1, 0.15) is 13.3 Å². The Morgan fingerprint density at radius 2 is 2.25 bits per heavy atom. The summed E-state index contributed by atoms with van der Waals surface area (Å²) < 4.78 is 0. The largest absolute Gasteiger partial charge is 0.345 e. The van der Waals surface area contributed by atoms with Crippen LogP contribution in [0, 0.1) is 0 Å². The van der Waals surface area contributed by atoms with Gasteiger partial charge in [0.05, 0.1) is 5.75 Å². The van der Waals surface area contributed by atoms with Crippen LogP contribution in [0.5, 0.6) is 0 Å². The van der Waals surface area contributed by atoms with Crippen molar-refractivity contribution in [2.45, 2.75) is 18.7 Å². The van der Waals surface area contributed by atoms with Gasteiger partial charge in [-0.05, 0) is 19.6 Å². The minimum atomic E-state index is 0.148. The minimum absolute atomic E-state index is 0.148. The first-order chi connectivity index (χ1) is 5.57. The number of halogens is 1. The highest BCUT2D eigenvalue weighted by Crippen LogP contribution is 2.02. The standard InChI is InChI=1S/C8H16ClNOS/c1-7(9)4-5-10(2)8(11)6-12-3/h7H,4-6H2,1-3H3. The van der Waals surface area contributed by atoms with Crippen LogP contribution >= 0.6 is 23.4 Å². The van der Waals surface area contributed by atoms with Gasteiger partial charge >= 0.3 is 0 Å². The fourth-order valence-electron chi connectivity index (χ4n) is 0.730. The summed E-state index contributed by atoms with van der Waals surface area (Å²) in [7, 11) is 1.82. The smallest absolute Gasteiger partial charge is 0.232 e. The van der Waals surface area contributed by atoms with E-state index in [1.807, 2.05) is 20.2 Å². The molecule has 0 heterocycles. The van der Waals surface area contributed by atoms with Crippen LogP contribution in [0.3, 0.4) is 0 Å². The molecule has 72 valence electrons. The van der Waals surface area contributed by atoms with E-state index in [2.05, 4.69) is 0 Å². The van der Waals surface area contributed by atoms with Gasteiger partial charge < -0.3 is 4.90 Å². The number of rotatable bonds is 5. The number of amides is 1. The average molecular weight is 210 g/mol. The van der Waals surface area contributed by atoms with Gasteiger partial charge in [0.2, 0.25) is 5.91 Å². The molecule has 0 aromatic rings. The molecular formula is C8H16ClNOS. The molecule has 0 rings (SSSR count). The quantitative estimate of drug-likeness (QED) is 0.644. The lowest BCUT2D eigenvalue weighted by Crippen LogP contribution is -2.30. The number of hydrogen-bond acceptors (Lipinski definition) is 2. The zero-order valence-corrected chi connectivity index (χ0v) is 9.41. The first-order valence-electron chi connectivity index (χ1n) is 3.95. The topological polar surface area (TPSA) is 20.3 Å². The van der Waals surface area contributed by atoms with Gasteiger partial charge in [0.15, 0.2) is 0 Å². The maximum atomic E-state index is 11.2. The maximum absolute atomic E-state index is 11.2. The van der Waals surface area contributed by atoms with Crippen molar-refractivity contribution in [2.75, 3.05) is 25.6 Å². The third kappa shape index (κ3) is 5.72. The molecule has 0 fully saturated rings. The number of carbonyl (C=O) groups is 1. The van der Waals surface area contributed by atoms with Crippen molar-refractivity contribution in [1.82, 2.24) is 4.90 Å². The second kappa shape index (κ2) is 6.61. The highest BCUT2D eigenvalue weighted by Gasteiger charge is 2.07. The zero-order valence-electron chi connectivity index (χ0n) is 7.84. The van der Waals surface area contributed by atoms with E-state index in [1.165, 1.54) is 0 Å². The van der Waals surface area contributed by atoms with Gasteiger partial charge in [-0.3, -0.25) is 4.79 Å². The van der Waals surface area contributed by atoms with Crippen molar-refractivity contribution < 1.29 is 4.79 Å². The van der Waals surface area contributed by atoms with Gasteiger partial charge in [-0.25, -0.2) is 0 Å². The molecule has 12 heavy (non-hydrogen) atoms. The lowest BCUT2D eigenvalue weighted by atomic mass is 10.3. The Kier molecular flexibility index (Phi) is 6.67. The van der Waals surface area contributed by atoms with Crippen LogP contribution in [0.15, 0.2) is 0 Å². The summed E-state index contributed by atoms with van der Waals surface area (Å²) in [4.78, 5) is 12.9. The molecular weight excluding hydrogens is 194 g/mol. The van der Waals surface area contributed by atoms with E-state index in [-0.39, 0.29) is 11.3 Å². The molecule has 0 aromatic carbocycles. The van der Waals surface area contributed by atoms with Crippen LogP contribution in [0.4, 0.5) is 0 Å². The van der Waals surface area contributed by atoms with Gasteiger partial charge in [-0.1, -0.05) is 0 Å². The van der Waals surface area contributed by atoms with Crippen molar-refractivity contribution in [1.29, 1.82) is 0 Å². The Labute approximate surface area is 83.6 Å². The molecule has 0 saturated heterocycles. The Morgan fingerprint density at radius 3 is 2.67 bits per heavy atom. The maximum Gasteiger partial charge on any atom is 0.232 e. The molecule has 0 saturated carbocycles. The summed E-state index contributed by atoms with van der Waals surface area (Å²) in [5.41, 5.74) is 0. The number of hydrogen-bond donors (Lipinski definition) is 0. The number of thioether (sulfide) groups is 1. The van der Waals surface area contributed by atoms with E-state index in [0.29, 0.717) is 5.75 Å². The average Bonchev–Trinajstić information content (AvgIpc) is 2.00. The first-order valence-corrected chi connectivity index (χ1v) is 5.78. The Hall–Kier alpha value is 0.110. The van der Waals surface area contributed by atoms with E-state index in [4.69, 9.17) is 11.6 Å². The summed E-state index contributed by atoms with van der Waals surface area (Å²) in [6.45, 7) is 2.69. The van der Waals surface area contributed by atoms with Crippen molar-refractivity contribution in [3.05, 3.63) is 0 Å². The molecule has 1 amide bonds. The van der Waals surface area contributed by atoms with Gasteiger partial charge in [-0.2, -0.15) is 11.8 Å². The molecule has 0 aliphatic heterocycles. The highest BCUT2D eigenvalue weighted by atomic mass is 35.5. The van der Waals surface area contributed by atoms with Crippen molar-refractivity contribution >= 4 is 29.3 Å². The Balaban J connectivity index is 3.56. The van der Waals surface area contributed by atoms with Gasteiger partial charge in [0.25, 0.3) is 0 Å². The van der Waals surface area contributed by atoms with Crippen LogP contribution < -0.4 is 0 Å². The predicted molar refractivity (Wildman–Crippen MR) is 56.0 cm³/mol. The van der Waals surface area contributed by atoms with Crippen LogP contribution in [0.25, 0.3) is 0 Å². The van der Waals surface area contributed by atoms with Crippen molar-refractivity contribution in [2.24, 2.45) is 0 Å². The Morgan fingerprint density at radius 1 is 1.67 bits per heavy atom. The molecule has 1 atom stereocenters. The van der Waals surface area contributed by atoms with E-state index in [1.54, 1.807) is 16.7 Å². The fourth-order valence-corrected chi connectivity index (χ4v) is 1.29. The minimum Gasteiger partial charge on any atom is -0.345 e. The van der Waals surface area contributed by atoms with Crippen LogP contribution in [-0.4, -0.2) is 41.8 Å². The van der Waals surface area contributed by atoms with Crippen LogP contribution in [-0.2, 0) is 4.79 Å². The summed E-state index contributed by atoms with van der Waals surface area (Å²) in [6, 6.07) is 0. The molecule has 0 bridgehead atoms. The molecule has 0 aliphatic carbocycles. The van der Waals surface area contributed by atoms with E-state index in [0.717, 1.165) is 13.0 Å². The van der Waals surface area contributed by atoms with Gasteiger partial charge in [0.1, 0.15) is 0 Å². The molecule has 0 aromatic heterocycles. The summed E-state index contributed by atoms with van der Waals surface area (Å²) in [5, 5.41) is 0.148. The number of alkyl halides is 1. The summed E-state index contributed by atoms with van der Waals surface area (Å²) in [6.07, 6.45) is 2.79. The van der Waals surface area contributed by atoms with Gasteiger partial charge in [-0.15, -0.1) is 11.6 Å². The summed E-state index contributed by atoms with van der Waals surface area (Å²) >= 11 is 7.31. The molecule has 0 aliphatic rings. The first kappa shape index (κ1) is 12.1. The molecule has 1 unspecified atom stereocenters. The van der Waals surface area contributed by atoms with Crippen LogP contribution in [0.2, 0.25) is 0 Å². The second-order valence-electron chi connectivity index (χ2n) is 2.82. The van der Waals surface area contributed by atoms with E-state index >= 15 is 0 Å². The zero-order chi connectivity index (χ0) is 9.56. The molecule has 0 spiro atoms. The molecule has 0 radical (unpaired) electrons. The molecule has 0 N–H and O–H groups in total. The monoisotopic (exact) mass is 209 g/mol. The Bertz CT molecular complexity index is 141. The molecule has 2 nitrogen and oxygen atoms in total. The highest BCUT2D eigenvalue weighted by molar-refractivity contribution is 7.99. The second-order valence-corrected chi connectivity index (χ2v) is 4.43.